The van der Waals surface area contributed by atoms with Crippen LogP contribution in [-0.2, 0) is 9.53 Å². The number of methoxy groups -OCH3 is 1. The molecule has 0 aromatic carbocycles. The number of hydrogen-bond donors (Lipinski definition) is 0. The molecule has 1 atom stereocenters. The lowest BCUT2D eigenvalue weighted by molar-refractivity contribution is -0.134. The van der Waals surface area contributed by atoms with Gasteiger partial charge in [0.25, 0.3) is 0 Å². The predicted molar refractivity (Wildman–Crippen MR) is 45.5 cm³/mol. The van der Waals surface area contributed by atoms with Gasteiger partial charge >= 0.3 is 0 Å². The van der Waals surface area contributed by atoms with Crippen molar-refractivity contribution in [2.75, 3.05) is 7.11 Å². The van der Waals surface area contributed by atoms with Gasteiger partial charge in [-0.3, -0.25) is 4.79 Å². The third-order valence-corrected chi connectivity index (χ3v) is 1.91. The molecule has 0 aliphatic rings. The van der Waals surface area contributed by atoms with Crippen molar-refractivity contribution in [3.8, 4) is 0 Å². The number of carbonyl (C=O) groups excluding carboxylic acids is 1. The molecule has 2 nitrogen and oxygen atoms in total. The second kappa shape index (κ2) is 4.29. The summed E-state index contributed by atoms with van der Waals surface area (Å²) in [5.74, 6) is 0.0249. The molecule has 0 saturated carbocycles. The molecule has 0 aromatic heterocycles. The first kappa shape index (κ1) is 10.4. The molecule has 0 aliphatic heterocycles. The lowest BCUT2D eigenvalue weighted by Crippen LogP contribution is -2.36. The standard InChI is InChI=1S/C9H16O2/c1-5-7-9(6-2,11-4)8(3)10/h6H,2,5,7H2,1,3-4H3. The van der Waals surface area contributed by atoms with Gasteiger partial charge in [-0.05, 0) is 13.3 Å². The van der Waals surface area contributed by atoms with Gasteiger partial charge in [0.05, 0.1) is 0 Å². The topological polar surface area (TPSA) is 26.3 Å². The molecule has 0 heterocycles. The Balaban J connectivity index is 4.45. The Morgan fingerprint density at radius 3 is 2.36 bits per heavy atom. The Hall–Kier alpha value is -0.630. The van der Waals surface area contributed by atoms with E-state index in [9.17, 15) is 4.79 Å². The maximum atomic E-state index is 11.1. The van der Waals surface area contributed by atoms with Crippen molar-refractivity contribution < 1.29 is 9.53 Å². The number of ether oxygens (including phenoxy) is 1. The minimum absolute atomic E-state index is 0.0249. The Kier molecular flexibility index (Phi) is 4.04. The third-order valence-electron chi connectivity index (χ3n) is 1.91. The number of hydrogen-bond acceptors (Lipinski definition) is 2. The quantitative estimate of drug-likeness (QED) is 0.569. The molecule has 64 valence electrons. The van der Waals surface area contributed by atoms with Crippen LogP contribution in [0.4, 0.5) is 0 Å². The first-order chi connectivity index (χ1) is 5.13. The van der Waals surface area contributed by atoms with Crippen LogP contribution in [0.1, 0.15) is 26.7 Å². The van der Waals surface area contributed by atoms with Crippen molar-refractivity contribution in [3.05, 3.63) is 12.7 Å². The van der Waals surface area contributed by atoms with E-state index in [2.05, 4.69) is 6.58 Å². The SMILES string of the molecule is C=CC(CCC)(OC)C(C)=O. The van der Waals surface area contributed by atoms with E-state index < -0.39 is 5.60 Å². The van der Waals surface area contributed by atoms with Gasteiger partial charge in [0.15, 0.2) is 5.78 Å². The molecular weight excluding hydrogens is 140 g/mol. The van der Waals surface area contributed by atoms with Crippen LogP contribution in [0.2, 0.25) is 0 Å². The summed E-state index contributed by atoms with van der Waals surface area (Å²) >= 11 is 0. The highest BCUT2D eigenvalue weighted by Crippen LogP contribution is 2.19. The van der Waals surface area contributed by atoms with Gasteiger partial charge in [-0.2, -0.15) is 0 Å². The third kappa shape index (κ3) is 2.15. The van der Waals surface area contributed by atoms with E-state index >= 15 is 0 Å². The van der Waals surface area contributed by atoms with Crippen molar-refractivity contribution in [2.45, 2.75) is 32.3 Å². The van der Waals surface area contributed by atoms with Gasteiger partial charge in [0.1, 0.15) is 5.60 Å². The zero-order chi connectivity index (χ0) is 8.91. The van der Waals surface area contributed by atoms with Crippen LogP contribution in [0, 0.1) is 0 Å². The van der Waals surface area contributed by atoms with E-state index in [0.717, 1.165) is 6.42 Å². The highest BCUT2D eigenvalue weighted by atomic mass is 16.5. The van der Waals surface area contributed by atoms with E-state index in [1.165, 1.54) is 6.92 Å². The Morgan fingerprint density at radius 1 is 1.73 bits per heavy atom. The van der Waals surface area contributed by atoms with Gasteiger partial charge in [0.2, 0.25) is 0 Å². The van der Waals surface area contributed by atoms with E-state index in [-0.39, 0.29) is 5.78 Å². The van der Waals surface area contributed by atoms with Crippen LogP contribution >= 0.6 is 0 Å². The molecule has 0 rings (SSSR count). The van der Waals surface area contributed by atoms with Crippen LogP contribution < -0.4 is 0 Å². The summed E-state index contributed by atoms with van der Waals surface area (Å²) in [6.07, 6.45) is 3.21. The second-order valence-electron chi connectivity index (χ2n) is 2.60. The minimum Gasteiger partial charge on any atom is -0.366 e. The monoisotopic (exact) mass is 156 g/mol. The zero-order valence-electron chi connectivity index (χ0n) is 7.52. The summed E-state index contributed by atoms with van der Waals surface area (Å²) in [5, 5.41) is 0. The summed E-state index contributed by atoms with van der Waals surface area (Å²) in [6.45, 7) is 7.14. The lowest BCUT2D eigenvalue weighted by Gasteiger charge is -2.25. The normalized spacial score (nSPS) is 15.5. The van der Waals surface area contributed by atoms with Crippen molar-refractivity contribution >= 4 is 5.78 Å². The minimum atomic E-state index is -0.741. The van der Waals surface area contributed by atoms with E-state index in [1.807, 2.05) is 6.92 Å². The summed E-state index contributed by atoms with van der Waals surface area (Å²) in [6, 6.07) is 0. The van der Waals surface area contributed by atoms with Crippen LogP contribution in [0.15, 0.2) is 12.7 Å². The largest absolute Gasteiger partial charge is 0.366 e. The van der Waals surface area contributed by atoms with Gasteiger partial charge in [-0.25, -0.2) is 0 Å². The second-order valence-corrected chi connectivity index (χ2v) is 2.60. The number of carbonyl (C=O) groups is 1. The van der Waals surface area contributed by atoms with Crippen molar-refractivity contribution in [2.24, 2.45) is 0 Å². The smallest absolute Gasteiger partial charge is 0.165 e. The van der Waals surface area contributed by atoms with E-state index in [0.29, 0.717) is 6.42 Å². The average molecular weight is 156 g/mol. The summed E-state index contributed by atoms with van der Waals surface area (Å²) in [4.78, 5) is 11.1. The Morgan fingerprint density at radius 2 is 2.27 bits per heavy atom. The van der Waals surface area contributed by atoms with Gasteiger partial charge in [-0.1, -0.05) is 26.0 Å². The van der Waals surface area contributed by atoms with Crippen LogP contribution in [0.3, 0.4) is 0 Å². The molecule has 0 N–H and O–H groups in total. The first-order valence-electron chi connectivity index (χ1n) is 3.82. The molecule has 0 radical (unpaired) electrons. The van der Waals surface area contributed by atoms with Crippen molar-refractivity contribution in [1.29, 1.82) is 0 Å². The first-order valence-corrected chi connectivity index (χ1v) is 3.82. The molecule has 1 unspecified atom stereocenters. The van der Waals surface area contributed by atoms with E-state index in [1.54, 1.807) is 13.2 Å². The fourth-order valence-electron chi connectivity index (χ4n) is 1.12. The highest BCUT2D eigenvalue weighted by Gasteiger charge is 2.30. The molecule has 0 amide bonds. The molecule has 0 aromatic rings. The number of Topliss-reactive ketones (excluding diaryl/α,β-unsaturated/α-hetero) is 1. The molecule has 0 fully saturated rings. The fraction of sp³-hybridized carbons (Fsp3) is 0.667. The molecule has 0 saturated heterocycles. The fourth-order valence-corrected chi connectivity index (χ4v) is 1.12. The summed E-state index contributed by atoms with van der Waals surface area (Å²) < 4.78 is 5.12. The predicted octanol–water partition coefficient (Wildman–Crippen LogP) is 1.95. The maximum Gasteiger partial charge on any atom is 0.165 e. The molecule has 0 aliphatic carbocycles. The van der Waals surface area contributed by atoms with Gasteiger partial charge in [-0.15, -0.1) is 0 Å². The Labute approximate surface area is 68.2 Å². The number of rotatable bonds is 5. The van der Waals surface area contributed by atoms with E-state index in [4.69, 9.17) is 4.74 Å². The molecule has 11 heavy (non-hydrogen) atoms. The molecule has 0 spiro atoms. The summed E-state index contributed by atoms with van der Waals surface area (Å²) in [7, 11) is 1.54. The summed E-state index contributed by atoms with van der Waals surface area (Å²) in [5.41, 5.74) is -0.741. The number of ketones is 1. The van der Waals surface area contributed by atoms with Crippen molar-refractivity contribution in [1.82, 2.24) is 0 Å². The molecule has 0 bridgehead atoms. The van der Waals surface area contributed by atoms with Gasteiger partial charge < -0.3 is 4.74 Å². The van der Waals surface area contributed by atoms with Crippen LogP contribution in [0.5, 0.6) is 0 Å². The molecule has 2 heteroatoms. The molecular formula is C9H16O2. The average Bonchev–Trinajstić information content (AvgIpc) is 2.00. The van der Waals surface area contributed by atoms with Gasteiger partial charge in [0, 0.05) is 7.11 Å². The Bertz CT molecular complexity index is 152. The van der Waals surface area contributed by atoms with Crippen molar-refractivity contribution in [3.63, 3.8) is 0 Å². The highest BCUT2D eigenvalue weighted by molar-refractivity contribution is 5.87. The maximum absolute atomic E-state index is 11.1. The zero-order valence-corrected chi connectivity index (χ0v) is 7.52. The van der Waals surface area contributed by atoms with Crippen LogP contribution in [0.25, 0.3) is 0 Å². The van der Waals surface area contributed by atoms with Crippen LogP contribution in [-0.4, -0.2) is 18.5 Å². The lowest BCUT2D eigenvalue weighted by atomic mass is 9.94.